The maximum atomic E-state index is 5.58. The number of nitrogens with one attached hydrogen (secondary N) is 2. The van der Waals surface area contributed by atoms with Crippen LogP contribution >= 0.6 is 24.0 Å². The van der Waals surface area contributed by atoms with E-state index in [9.17, 15) is 0 Å². The number of aliphatic imine (C=N–C) groups is 1. The van der Waals surface area contributed by atoms with Crippen LogP contribution < -0.4 is 10.6 Å². The first-order valence-corrected chi connectivity index (χ1v) is 10.4. The van der Waals surface area contributed by atoms with Crippen molar-refractivity contribution in [3.05, 3.63) is 0 Å². The Morgan fingerprint density at radius 1 is 1.11 bits per heavy atom. The highest BCUT2D eigenvalue weighted by molar-refractivity contribution is 14.0. The molecule has 2 aliphatic rings. The Labute approximate surface area is 183 Å². The van der Waals surface area contributed by atoms with Crippen LogP contribution in [-0.2, 0) is 4.74 Å². The van der Waals surface area contributed by atoms with Gasteiger partial charge in [-0.3, -0.25) is 9.89 Å². The molecule has 27 heavy (non-hydrogen) atoms. The maximum absolute atomic E-state index is 5.58. The Morgan fingerprint density at radius 3 is 2.30 bits per heavy atom. The van der Waals surface area contributed by atoms with Crippen LogP contribution in [0.3, 0.4) is 0 Å². The first-order chi connectivity index (χ1) is 12.4. The van der Waals surface area contributed by atoms with Gasteiger partial charge in [-0.25, -0.2) is 0 Å². The number of halogens is 1. The number of hydrogen-bond acceptors (Lipinski definition) is 4. The zero-order valence-electron chi connectivity index (χ0n) is 18.1. The molecule has 0 aromatic heterocycles. The van der Waals surface area contributed by atoms with Gasteiger partial charge in [0.1, 0.15) is 0 Å². The van der Waals surface area contributed by atoms with Gasteiger partial charge in [-0.15, -0.1) is 24.0 Å². The molecule has 2 heterocycles. The fourth-order valence-electron chi connectivity index (χ4n) is 4.00. The largest absolute Gasteiger partial charge is 0.381 e. The van der Waals surface area contributed by atoms with Crippen LogP contribution in [0.5, 0.6) is 0 Å². The molecule has 2 fully saturated rings. The van der Waals surface area contributed by atoms with Crippen LogP contribution in [-0.4, -0.2) is 86.9 Å². The van der Waals surface area contributed by atoms with Crippen molar-refractivity contribution in [2.75, 3.05) is 60.0 Å². The van der Waals surface area contributed by atoms with E-state index in [2.05, 4.69) is 55.3 Å². The summed E-state index contributed by atoms with van der Waals surface area (Å²) in [4.78, 5) is 9.89. The summed E-state index contributed by atoms with van der Waals surface area (Å²) in [6.07, 6.45) is 6.13. The molecule has 160 valence electrons. The van der Waals surface area contributed by atoms with Crippen molar-refractivity contribution in [3.63, 3.8) is 0 Å². The second-order valence-corrected chi connectivity index (χ2v) is 8.64. The van der Waals surface area contributed by atoms with Gasteiger partial charge in [-0.1, -0.05) is 6.42 Å². The van der Waals surface area contributed by atoms with E-state index in [4.69, 9.17) is 9.73 Å². The molecular formula is C20H42IN5O. The van der Waals surface area contributed by atoms with Gasteiger partial charge in [-0.2, -0.15) is 0 Å². The van der Waals surface area contributed by atoms with Crippen LogP contribution in [0.15, 0.2) is 4.99 Å². The van der Waals surface area contributed by atoms with Gasteiger partial charge in [-0.05, 0) is 73.6 Å². The number of rotatable bonds is 7. The van der Waals surface area contributed by atoms with E-state index in [0.29, 0.717) is 0 Å². The highest BCUT2D eigenvalue weighted by atomic mass is 127. The van der Waals surface area contributed by atoms with E-state index < -0.39 is 0 Å². The lowest BCUT2D eigenvalue weighted by Crippen LogP contribution is -2.57. The Morgan fingerprint density at radius 2 is 1.74 bits per heavy atom. The predicted molar refractivity (Wildman–Crippen MR) is 125 cm³/mol. The van der Waals surface area contributed by atoms with E-state index in [-0.39, 0.29) is 35.1 Å². The van der Waals surface area contributed by atoms with Gasteiger partial charge in [0.2, 0.25) is 0 Å². The molecule has 0 atom stereocenters. The van der Waals surface area contributed by atoms with Crippen LogP contribution in [0, 0.1) is 0 Å². The standard InChI is InChI=1S/C20H41N5O.HI/c1-6-21-18(22-16-19(2,3)25-12-8-7-9-13-25)23-17-20(24(4)5)10-14-26-15-11-20;/h6-17H2,1-5H3,(H2,21,22,23);1H. The predicted octanol–water partition coefficient (Wildman–Crippen LogP) is 2.53. The Hall–Kier alpha value is -0.120. The van der Waals surface area contributed by atoms with Crippen molar-refractivity contribution in [3.8, 4) is 0 Å². The number of nitrogens with zero attached hydrogens (tertiary/aromatic N) is 3. The van der Waals surface area contributed by atoms with E-state index in [1.165, 1.54) is 32.4 Å². The molecule has 2 rings (SSSR count). The summed E-state index contributed by atoms with van der Waals surface area (Å²) in [7, 11) is 4.35. The third-order valence-electron chi connectivity index (χ3n) is 6.14. The third-order valence-corrected chi connectivity index (χ3v) is 6.14. The summed E-state index contributed by atoms with van der Waals surface area (Å²) in [5.41, 5.74) is 0.261. The summed E-state index contributed by atoms with van der Waals surface area (Å²) in [6, 6.07) is 0. The van der Waals surface area contributed by atoms with Crippen LogP contribution in [0.25, 0.3) is 0 Å². The number of ether oxygens (including phenoxy) is 1. The molecule has 2 saturated heterocycles. The van der Waals surface area contributed by atoms with Crippen LogP contribution in [0.4, 0.5) is 0 Å². The Kier molecular flexibility index (Phi) is 10.9. The molecule has 0 amide bonds. The van der Waals surface area contributed by atoms with Crippen LogP contribution in [0.1, 0.15) is 52.9 Å². The molecule has 0 radical (unpaired) electrons. The van der Waals surface area contributed by atoms with E-state index in [1.54, 1.807) is 0 Å². The van der Waals surface area contributed by atoms with Crippen molar-refractivity contribution < 1.29 is 4.74 Å². The molecule has 0 aliphatic carbocycles. The summed E-state index contributed by atoms with van der Waals surface area (Å²) in [5, 5.41) is 7.04. The number of likely N-dealkylation sites (tertiary alicyclic amines) is 1. The first kappa shape index (κ1) is 24.9. The second kappa shape index (κ2) is 11.8. The summed E-state index contributed by atoms with van der Waals surface area (Å²) in [6.45, 7) is 13.5. The van der Waals surface area contributed by atoms with Gasteiger partial charge < -0.3 is 20.3 Å². The topological polar surface area (TPSA) is 52.1 Å². The Balaban J connectivity index is 0.00000364. The third kappa shape index (κ3) is 7.33. The second-order valence-electron chi connectivity index (χ2n) is 8.64. The molecule has 0 bridgehead atoms. The van der Waals surface area contributed by atoms with E-state index in [1.807, 2.05) is 0 Å². The molecule has 0 saturated carbocycles. The normalized spacial score (nSPS) is 21.6. The lowest BCUT2D eigenvalue weighted by atomic mass is 9.88. The molecule has 7 heteroatoms. The SMILES string of the molecule is CCNC(=NCC(C)(C)N1CCCCC1)NCC1(N(C)C)CCOCC1.I. The van der Waals surface area contributed by atoms with E-state index in [0.717, 1.165) is 51.6 Å². The minimum Gasteiger partial charge on any atom is -0.381 e. The molecule has 2 N–H and O–H groups in total. The van der Waals surface area contributed by atoms with Crippen molar-refractivity contribution in [2.45, 2.75) is 64.0 Å². The summed E-state index contributed by atoms with van der Waals surface area (Å²) < 4.78 is 5.58. The zero-order valence-corrected chi connectivity index (χ0v) is 20.5. The van der Waals surface area contributed by atoms with Crippen molar-refractivity contribution in [1.29, 1.82) is 0 Å². The number of piperidine rings is 1. The van der Waals surface area contributed by atoms with Crippen LogP contribution in [0.2, 0.25) is 0 Å². The zero-order chi connectivity index (χ0) is 19.0. The molecule has 2 aliphatic heterocycles. The molecule has 0 spiro atoms. The van der Waals surface area contributed by atoms with Gasteiger partial charge >= 0.3 is 0 Å². The van der Waals surface area contributed by atoms with Gasteiger partial charge in [0.25, 0.3) is 0 Å². The molecule has 6 nitrogen and oxygen atoms in total. The van der Waals surface area contributed by atoms with Crippen molar-refractivity contribution in [2.24, 2.45) is 4.99 Å². The summed E-state index contributed by atoms with van der Waals surface area (Å²) >= 11 is 0. The van der Waals surface area contributed by atoms with E-state index >= 15 is 0 Å². The minimum absolute atomic E-state index is 0. The molecular weight excluding hydrogens is 453 g/mol. The van der Waals surface area contributed by atoms with Gasteiger partial charge in [0, 0.05) is 37.4 Å². The van der Waals surface area contributed by atoms with Crippen molar-refractivity contribution in [1.82, 2.24) is 20.4 Å². The lowest BCUT2D eigenvalue weighted by molar-refractivity contribution is -0.00502. The van der Waals surface area contributed by atoms with Gasteiger partial charge in [0.15, 0.2) is 5.96 Å². The quantitative estimate of drug-likeness (QED) is 0.323. The van der Waals surface area contributed by atoms with Crippen molar-refractivity contribution >= 4 is 29.9 Å². The highest BCUT2D eigenvalue weighted by Gasteiger charge is 2.35. The fourth-order valence-corrected chi connectivity index (χ4v) is 4.00. The maximum Gasteiger partial charge on any atom is 0.191 e. The number of guanidine groups is 1. The fraction of sp³-hybridized carbons (Fsp3) is 0.950. The monoisotopic (exact) mass is 495 g/mol. The number of likely N-dealkylation sites (N-methyl/N-ethyl adjacent to an activating group) is 1. The smallest absolute Gasteiger partial charge is 0.191 e. The molecule has 0 aromatic carbocycles. The minimum atomic E-state index is 0. The molecule has 0 aromatic rings. The number of hydrogen-bond donors (Lipinski definition) is 2. The average molecular weight is 495 g/mol. The Bertz CT molecular complexity index is 444. The molecule has 0 unspecified atom stereocenters. The van der Waals surface area contributed by atoms with Gasteiger partial charge in [0.05, 0.1) is 6.54 Å². The first-order valence-electron chi connectivity index (χ1n) is 10.4. The summed E-state index contributed by atoms with van der Waals surface area (Å²) in [5.74, 6) is 0.935. The highest BCUT2D eigenvalue weighted by Crippen LogP contribution is 2.25. The lowest BCUT2D eigenvalue weighted by Gasteiger charge is -2.43. The average Bonchev–Trinajstić information content (AvgIpc) is 2.65.